The lowest BCUT2D eigenvalue weighted by Crippen LogP contribution is -3.14. The second-order valence-corrected chi connectivity index (χ2v) is 8.67. The normalized spacial score (nSPS) is 15.2. The topological polar surface area (TPSA) is 80.2 Å². The Morgan fingerprint density at radius 3 is 2.54 bits per heavy atom. The lowest BCUT2D eigenvalue weighted by Gasteiger charge is -2.23. The van der Waals surface area contributed by atoms with Crippen LogP contribution < -0.4 is 14.5 Å². The average Bonchev–Trinajstić information content (AvgIpc) is 2.74. The summed E-state index contributed by atoms with van der Waals surface area (Å²) in [5, 5.41) is 2.88. The van der Waals surface area contributed by atoms with Crippen molar-refractivity contribution in [2.45, 2.75) is 4.90 Å². The molecule has 1 aliphatic heterocycles. The van der Waals surface area contributed by atoms with Gasteiger partial charge in [-0.15, -0.1) is 0 Å². The Hall–Kier alpha value is -2.42. The summed E-state index contributed by atoms with van der Waals surface area (Å²) in [4.78, 5) is 13.9. The van der Waals surface area contributed by atoms with Crippen LogP contribution in [-0.2, 0) is 14.8 Å². The van der Waals surface area contributed by atoms with E-state index in [-0.39, 0.29) is 10.8 Å². The van der Waals surface area contributed by atoms with Crippen molar-refractivity contribution >= 4 is 21.6 Å². The van der Waals surface area contributed by atoms with Gasteiger partial charge in [0.15, 0.2) is 0 Å². The minimum absolute atomic E-state index is 0.0882. The van der Waals surface area contributed by atoms with Crippen molar-refractivity contribution in [3.8, 4) is 0 Å². The molecule has 0 spiro atoms. The highest BCUT2D eigenvalue weighted by molar-refractivity contribution is 7.92. The zero-order valence-electron chi connectivity index (χ0n) is 15.9. The van der Waals surface area contributed by atoms with Crippen LogP contribution in [0.25, 0.3) is 0 Å². The van der Waals surface area contributed by atoms with Crippen LogP contribution in [0, 0.1) is 0 Å². The fourth-order valence-corrected chi connectivity index (χ4v) is 4.34. The van der Waals surface area contributed by atoms with Crippen molar-refractivity contribution in [3.63, 3.8) is 0 Å². The van der Waals surface area contributed by atoms with E-state index in [0.717, 1.165) is 32.8 Å². The number of hydrogen-bond acceptors (Lipinski definition) is 4. The summed E-state index contributed by atoms with van der Waals surface area (Å²) < 4.78 is 32.4. The number of nitrogens with one attached hydrogen (secondary N) is 2. The van der Waals surface area contributed by atoms with Gasteiger partial charge in [0.05, 0.1) is 36.9 Å². The van der Waals surface area contributed by atoms with Crippen molar-refractivity contribution in [3.05, 3.63) is 60.2 Å². The summed E-state index contributed by atoms with van der Waals surface area (Å²) in [6, 6.07) is 15.0. The Morgan fingerprint density at radius 1 is 1.11 bits per heavy atom. The van der Waals surface area contributed by atoms with E-state index in [1.54, 1.807) is 36.4 Å². The van der Waals surface area contributed by atoms with Crippen molar-refractivity contribution in [2.75, 3.05) is 50.7 Å². The van der Waals surface area contributed by atoms with Crippen molar-refractivity contribution in [1.29, 1.82) is 0 Å². The van der Waals surface area contributed by atoms with Crippen LogP contribution in [0.2, 0.25) is 0 Å². The number of anilines is 1. The van der Waals surface area contributed by atoms with Crippen LogP contribution in [0.4, 0.5) is 5.69 Å². The molecule has 1 saturated heterocycles. The number of rotatable bonds is 7. The zero-order chi connectivity index (χ0) is 20.0. The molecule has 8 heteroatoms. The quantitative estimate of drug-likeness (QED) is 0.689. The molecule has 1 heterocycles. The van der Waals surface area contributed by atoms with E-state index in [1.165, 1.54) is 28.4 Å². The van der Waals surface area contributed by atoms with Crippen LogP contribution >= 0.6 is 0 Å². The highest BCUT2D eigenvalue weighted by Gasteiger charge is 2.22. The van der Waals surface area contributed by atoms with Crippen LogP contribution in [0.3, 0.4) is 0 Å². The molecule has 1 amide bonds. The van der Waals surface area contributed by atoms with Gasteiger partial charge in [0.2, 0.25) is 0 Å². The van der Waals surface area contributed by atoms with E-state index >= 15 is 0 Å². The first-order valence-electron chi connectivity index (χ1n) is 9.32. The molecule has 28 heavy (non-hydrogen) atoms. The fraction of sp³-hybridized carbons (Fsp3) is 0.350. The molecule has 2 aromatic carbocycles. The van der Waals surface area contributed by atoms with Gasteiger partial charge in [-0.2, -0.15) is 0 Å². The summed E-state index contributed by atoms with van der Waals surface area (Å²) in [5.41, 5.74) is 0.894. The molecule has 2 N–H and O–H groups in total. The van der Waals surface area contributed by atoms with E-state index in [4.69, 9.17) is 4.74 Å². The smallest absolute Gasteiger partial charge is 0.264 e. The van der Waals surface area contributed by atoms with E-state index in [9.17, 15) is 13.2 Å². The Morgan fingerprint density at radius 2 is 1.82 bits per heavy atom. The number of carbonyl (C=O) groups is 1. The number of quaternary nitrogens is 1. The molecule has 0 unspecified atom stereocenters. The number of hydrogen-bond donors (Lipinski definition) is 2. The van der Waals surface area contributed by atoms with Crippen LogP contribution in [0.15, 0.2) is 59.5 Å². The summed E-state index contributed by atoms with van der Waals surface area (Å²) in [6.45, 7) is 4.74. The molecule has 150 valence electrons. The monoisotopic (exact) mass is 404 g/mol. The Kier molecular flexibility index (Phi) is 6.66. The van der Waals surface area contributed by atoms with E-state index < -0.39 is 10.0 Å². The number of amides is 1. The molecule has 0 aromatic heterocycles. The average molecular weight is 405 g/mol. The summed E-state index contributed by atoms with van der Waals surface area (Å²) in [5.74, 6) is -0.271. The molecule has 2 aromatic rings. The number of para-hydroxylation sites is 1. The second kappa shape index (κ2) is 9.18. The number of morpholine rings is 1. The third-order valence-corrected chi connectivity index (χ3v) is 6.62. The van der Waals surface area contributed by atoms with Gasteiger partial charge in [-0.05, 0) is 30.3 Å². The van der Waals surface area contributed by atoms with Gasteiger partial charge in [-0.1, -0.05) is 24.3 Å². The summed E-state index contributed by atoms with van der Waals surface area (Å²) >= 11 is 0. The predicted octanol–water partition coefficient (Wildman–Crippen LogP) is 0.157. The molecule has 1 fully saturated rings. The molecule has 1 aliphatic rings. The van der Waals surface area contributed by atoms with Gasteiger partial charge in [-0.3, -0.25) is 9.10 Å². The van der Waals surface area contributed by atoms with Gasteiger partial charge in [0.1, 0.15) is 13.1 Å². The van der Waals surface area contributed by atoms with E-state index in [2.05, 4.69) is 5.32 Å². The Bertz CT molecular complexity index is 897. The Labute approximate surface area is 166 Å². The second-order valence-electron chi connectivity index (χ2n) is 6.70. The van der Waals surface area contributed by atoms with Crippen molar-refractivity contribution in [2.24, 2.45) is 0 Å². The number of benzene rings is 2. The SMILES string of the molecule is CN(c1ccccc1)S(=O)(=O)c1cccc(C(=O)NCC[NH+]2CCOCC2)c1. The highest BCUT2D eigenvalue weighted by atomic mass is 32.2. The first kappa shape index (κ1) is 20.3. The fourth-order valence-electron chi connectivity index (χ4n) is 3.10. The lowest BCUT2D eigenvalue weighted by atomic mass is 10.2. The molecule has 0 radical (unpaired) electrons. The van der Waals surface area contributed by atoms with Crippen LogP contribution in [0.1, 0.15) is 10.4 Å². The van der Waals surface area contributed by atoms with E-state index in [0.29, 0.717) is 17.8 Å². The van der Waals surface area contributed by atoms with Crippen molar-refractivity contribution < 1.29 is 22.8 Å². The molecule has 7 nitrogen and oxygen atoms in total. The van der Waals surface area contributed by atoms with Gasteiger partial charge < -0.3 is 15.0 Å². The summed E-state index contributed by atoms with van der Waals surface area (Å²) in [7, 11) is -2.25. The third-order valence-electron chi connectivity index (χ3n) is 4.84. The van der Waals surface area contributed by atoms with Gasteiger partial charge in [-0.25, -0.2) is 8.42 Å². The summed E-state index contributed by atoms with van der Waals surface area (Å²) in [6.07, 6.45) is 0. The molecule has 3 rings (SSSR count). The number of ether oxygens (including phenoxy) is 1. The minimum Gasteiger partial charge on any atom is -0.370 e. The third kappa shape index (κ3) is 4.89. The number of carbonyl (C=O) groups excluding carboxylic acids is 1. The maximum atomic E-state index is 12.9. The first-order valence-corrected chi connectivity index (χ1v) is 10.8. The lowest BCUT2D eigenvalue weighted by molar-refractivity contribution is -0.906. The molecule has 0 aliphatic carbocycles. The van der Waals surface area contributed by atoms with Crippen molar-refractivity contribution in [1.82, 2.24) is 5.32 Å². The molecule has 0 bridgehead atoms. The number of nitrogens with zero attached hydrogens (tertiary/aromatic N) is 1. The van der Waals surface area contributed by atoms with Gasteiger partial charge in [0, 0.05) is 12.6 Å². The first-order chi connectivity index (χ1) is 13.5. The molecule has 0 atom stereocenters. The molecule has 0 saturated carbocycles. The Balaban J connectivity index is 1.66. The van der Waals surface area contributed by atoms with E-state index in [1.807, 2.05) is 6.07 Å². The largest absolute Gasteiger partial charge is 0.370 e. The van der Waals surface area contributed by atoms with Crippen LogP contribution in [0.5, 0.6) is 0 Å². The maximum absolute atomic E-state index is 12.9. The van der Waals surface area contributed by atoms with Gasteiger partial charge in [0.25, 0.3) is 15.9 Å². The van der Waals surface area contributed by atoms with Crippen LogP contribution in [-0.4, -0.2) is 60.8 Å². The molecular formula is C20H26N3O4S+. The predicted molar refractivity (Wildman–Crippen MR) is 107 cm³/mol. The minimum atomic E-state index is -3.75. The number of sulfonamides is 1. The standard InChI is InChI=1S/C20H25N3O4S/c1-22(18-7-3-2-4-8-18)28(25,26)19-9-5-6-17(16-19)20(24)21-10-11-23-12-14-27-15-13-23/h2-9,16H,10-15H2,1H3,(H,21,24)/p+1. The molecular weight excluding hydrogens is 378 g/mol. The maximum Gasteiger partial charge on any atom is 0.264 e. The highest BCUT2D eigenvalue weighted by Crippen LogP contribution is 2.22. The van der Waals surface area contributed by atoms with Gasteiger partial charge >= 0.3 is 0 Å². The zero-order valence-corrected chi connectivity index (χ0v) is 16.7.